The van der Waals surface area contributed by atoms with Crippen molar-refractivity contribution in [3.63, 3.8) is 0 Å². The van der Waals surface area contributed by atoms with Gasteiger partial charge in [-0.25, -0.2) is 9.97 Å². The molecule has 110 valence electrons. The van der Waals surface area contributed by atoms with E-state index in [1.165, 1.54) is 0 Å². The van der Waals surface area contributed by atoms with Gasteiger partial charge in [-0.15, -0.1) is 0 Å². The first-order valence-electron chi connectivity index (χ1n) is 7.44. The maximum Gasteiger partial charge on any atom is 0.219 e. The molecule has 0 aromatic carbocycles. The third kappa shape index (κ3) is 3.68. The molecule has 1 aliphatic heterocycles. The lowest BCUT2D eigenvalue weighted by atomic mass is 10.0. The molecule has 1 atom stereocenters. The van der Waals surface area contributed by atoms with Gasteiger partial charge in [-0.1, -0.05) is 13.8 Å². The van der Waals surface area contributed by atoms with Crippen LogP contribution in [-0.4, -0.2) is 39.9 Å². The Morgan fingerprint density at radius 1 is 1.45 bits per heavy atom. The summed E-state index contributed by atoms with van der Waals surface area (Å²) in [5.41, 5.74) is 1.09. The summed E-state index contributed by atoms with van der Waals surface area (Å²) in [6.07, 6.45) is 4.66. The minimum Gasteiger partial charge on any atom is -0.367 e. The number of anilines is 1. The van der Waals surface area contributed by atoms with Crippen LogP contribution in [0.15, 0.2) is 12.4 Å². The van der Waals surface area contributed by atoms with Gasteiger partial charge in [-0.05, 0) is 25.2 Å². The summed E-state index contributed by atoms with van der Waals surface area (Å²) in [4.78, 5) is 21.8. The first-order chi connectivity index (χ1) is 9.60. The van der Waals surface area contributed by atoms with Crippen molar-refractivity contribution in [3.8, 4) is 0 Å². The maximum atomic E-state index is 11.3. The van der Waals surface area contributed by atoms with Crippen LogP contribution in [-0.2, 0) is 4.79 Å². The molecule has 1 unspecified atom stereocenters. The highest BCUT2D eigenvalue weighted by Gasteiger charge is 2.20. The highest BCUT2D eigenvalue weighted by Crippen LogP contribution is 2.20. The van der Waals surface area contributed by atoms with Gasteiger partial charge in [0, 0.05) is 37.8 Å². The Bertz CT molecular complexity index is 455. The number of aromatic nitrogens is 2. The molecule has 20 heavy (non-hydrogen) atoms. The van der Waals surface area contributed by atoms with E-state index in [1.807, 2.05) is 11.0 Å². The fraction of sp³-hybridized carbons (Fsp3) is 0.667. The van der Waals surface area contributed by atoms with E-state index in [9.17, 15) is 4.79 Å². The summed E-state index contributed by atoms with van der Waals surface area (Å²) >= 11 is 0. The summed E-state index contributed by atoms with van der Waals surface area (Å²) in [5, 5.41) is 3.47. The molecule has 2 heterocycles. The topological polar surface area (TPSA) is 58.1 Å². The lowest BCUT2D eigenvalue weighted by Gasteiger charge is -2.32. The highest BCUT2D eigenvalue weighted by molar-refractivity contribution is 5.73. The smallest absolute Gasteiger partial charge is 0.219 e. The zero-order chi connectivity index (χ0) is 14.5. The number of hydrogen-bond donors (Lipinski definition) is 1. The molecule has 0 saturated carbocycles. The summed E-state index contributed by atoms with van der Waals surface area (Å²) < 4.78 is 0. The predicted octanol–water partition coefficient (Wildman–Crippen LogP) is 2.41. The van der Waals surface area contributed by atoms with E-state index < -0.39 is 0 Å². The molecule has 5 heteroatoms. The second-order valence-electron chi connectivity index (χ2n) is 5.56. The summed E-state index contributed by atoms with van der Waals surface area (Å²) in [6, 6.07) is 2.44. The average Bonchev–Trinajstić information content (AvgIpc) is 2.47. The van der Waals surface area contributed by atoms with Crippen LogP contribution in [0, 0.1) is 0 Å². The summed E-state index contributed by atoms with van der Waals surface area (Å²) in [6.45, 7) is 7.64. The third-order valence-electron chi connectivity index (χ3n) is 4.10. The first kappa shape index (κ1) is 14.8. The minimum atomic E-state index is 0.171. The Balaban J connectivity index is 1.93. The van der Waals surface area contributed by atoms with Crippen LogP contribution in [0.2, 0.25) is 0 Å². The van der Waals surface area contributed by atoms with Crippen molar-refractivity contribution in [2.24, 2.45) is 0 Å². The van der Waals surface area contributed by atoms with E-state index in [1.54, 1.807) is 13.3 Å². The zero-order valence-corrected chi connectivity index (χ0v) is 12.6. The summed E-state index contributed by atoms with van der Waals surface area (Å²) in [5.74, 6) is 1.53. The van der Waals surface area contributed by atoms with E-state index in [2.05, 4.69) is 29.1 Å². The SMILES string of the molecule is CCC(C)c1cc(NC2CCN(C(C)=O)CC2)ncn1. The second-order valence-corrected chi connectivity index (χ2v) is 5.56. The van der Waals surface area contributed by atoms with Gasteiger partial charge < -0.3 is 10.2 Å². The Hall–Kier alpha value is -1.65. The molecule has 1 N–H and O–H groups in total. The van der Waals surface area contributed by atoms with Crippen LogP contribution in [0.5, 0.6) is 0 Å². The third-order valence-corrected chi connectivity index (χ3v) is 4.10. The van der Waals surface area contributed by atoms with E-state index in [4.69, 9.17) is 0 Å². The van der Waals surface area contributed by atoms with Crippen LogP contribution in [0.25, 0.3) is 0 Å². The molecule has 0 bridgehead atoms. The van der Waals surface area contributed by atoms with Crippen molar-refractivity contribution in [1.82, 2.24) is 14.9 Å². The fourth-order valence-corrected chi connectivity index (χ4v) is 2.48. The second kappa shape index (κ2) is 6.68. The largest absolute Gasteiger partial charge is 0.367 e. The molecule has 0 spiro atoms. The monoisotopic (exact) mass is 276 g/mol. The van der Waals surface area contributed by atoms with Gasteiger partial charge in [-0.3, -0.25) is 4.79 Å². The number of piperidine rings is 1. The lowest BCUT2D eigenvalue weighted by Crippen LogP contribution is -2.41. The number of carbonyl (C=O) groups excluding carboxylic acids is 1. The Morgan fingerprint density at radius 3 is 2.75 bits per heavy atom. The number of hydrogen-bond acceptors (Lipinski definition) is 4. The average molecular weight is 276 g/mol. The van der Waals surface area contributed by atoms with Crippen molar-refractivity contribution in [2.45, 2.75) is 52.0 Å². The number of nitrogens with zero attached hydrogens (tertiary/aromatic N) is 3. The van der Waals surface area contributed by atoms with E-state index in [0.29, 0.717) is 12.0 Å². The molecule has 5 nitrogen and oxygen atoms in total. The Labute approximate surface area is 120 Å². The molecule has 2 rings (SSSR count). The van der Waals surface area contributed by atoms with Gasteiger partial charge in [0.05, 0.1) is 0 Å². The number of likely N-dealkylation sites (tertiary alicyclic amines) is 1. The van der Waals surface area contributed by atoms with Crippen molar-refractivity contribution < 1.29 is 4.79 Å². The molecule has 1 aromatic rings. The predicted molar refractivity (Wildman–Crippen MR) is 79.6 cm³/mol. The van der Waals surface area contributed by atoms with Crippen molar-refractivity contribution >= 4 is 11.7 Å². The molecular formula is C15H24N4O. The van der Waals surface area contributed by atoms with Gasteiger partial charge in [0.2, 0.25) is 5.91 Å². The zero-order valence-electron chi connectivity index (χ0n) is 12.6. The fourth-order valence-electron chi connectivity index (χ4n) is 2.48. The molecular weight excluding hydrogens is 252 g/mol. The number of amides is 1. The van der Waals surface area contributed by atoms with Crippen LogP contribution >= 0.6 is 0 Å². The van der Waals surface area contributed by atoms with Crippen LogP contribution in [0.4, 0.5) is 5.82 Å². The Kier molecular flexibility index (Phi) is 4.93. The number of rotatable bonds is 4. The van der Waals surface area contributed by atoms with E-state index in [0.717, 1.165) is 43.9 Å². The highest BCUT2D eigenvalue weighted by atomic mass is 16.2. The van der Waals surface area contributed by atoms with Gasteiger partial charge in [-0.2, -0.15) is 0 Å². The van der Waals surface area contributed by atoms with E-state index in [-0.39, 0.29) is 5.91 Å². The summed E-state index contributed by atoms with van der Waals surface area (Å²) in [7, 11) is 0. The number of carbonyl (C=O) groups is 1. The van der Waals surface area contributed by atoms with Crippen molar-refractivity contribution in [2.75, 3.05) is 18.4 Å². The molecule has 0 radical (unpaired) electrons. The van der Waals surface area contributed by atoms with E-state index >= 15 is 0 Å². The minimum absolute atomic E-state index is 0.171. The van der Waals surface area contributed by atoms with Crippen molar-refractivity contribution in [1.29, 1.82) is 0 Å². The molecule has 1 saturated heterocycles. The molecule has 1 aromatic heterocycles. The quantitative estimate of drug-likeness (QED) is 0.917. The normalized spacial score (nSPS) is 17.9. The molecule has 1 amide bonds. The standard InChI is InChI=1S/C15H24N4O/c1-4-11(2)14-9-15(17-10-16-14)18-13-5-7-19(8-6-13)12(3)20/h9-11,13H,4-8H2,1-3H3,(H,16,17,18). The van der Waals surface area contributed by atoms with Gasteiger partial charge in [0.25, 0.3) is 0 Å². The van der Waals surface area contributed by atoms with Gasteiger partial charge in [0.1, 0.15) is 12.1 Å². The lowest BCUT2D eigenvalue weighted by molar-refractivity contribution is -0.129. The van der Waals surface area contributed by atoms with Crippen LogP contribution in [0.3, 0.4) is 0 Å². The van der Waals surface area contributed by atoms with Gasteiger partial charge >= 0.3 is 0 Å². The Morgan fingerprint density at radius 2 is 2.15 bits per heavy atom. The van der Waals surface area contributed by atoms with Crippen molar-refractivity contribution in [3.05, 3.63) is 18.1 Å². The first-order valence-corrected chi connectivity index (χ1v) is 7.44. The van der Waals surface area contributed by atoms with Crippen LogP contribution in [0.1, 0.15) is 51.6 Å². The maximum absolute atomic E-state index is 11.3. The molecule has 1 aliphatic rings. The molecule has 1 fully saturated rings. The number of nitrogens with one attached hydrogen (secondary N) is 1. The molecule has 0 aliphatic carbocycles. The van der Waals surface area contributed by atoms with Gasteiger partial charge in [0.15, 0.2) is 0 Å². The van der Waals surface area contributed by atoms with Crippen LogP contribution < -0.4 is 5.32 Å².